The Morgan fingerprint density at radius 1 is 1.36 bits per heavy atom. The number of rotatable bonds is 3. The smallest absolute Gasteiger partial charge is 0.303 e. The van der Waals surface area contributed by atoms with Crippen molar-refractivity contribution in [3.05, 3.63) is 0 Å². The molecule has 3 nitrogen and oxygen atoms in total. The molecule has 0 aromatic rings. The fraction of sp³-hybridized carbons (Fsp3) is 0.900. The predicted molar refractivity (Wildman–Crippen MR) is 60.5 cm³/mol. The zero-order chi connectivity index (χ0) is 10.2. The molecular formula is C10H15IO3. The van der Waals surface area contributed by atoms with E-state index in [1.54, 1.807) is 0 Å². The van der Waals surface area contributed by atoms with Gasteiger partial charge in [0.15, 0.2) is 0 Å². The standard InChI is InChI=1S/C10H15IO3/c11-10-5-3-9(4-6-10,7-14-10)2-1-8(12)13/h1-7H2,(H,12,13). The molecule has 3 aliphatic rings. The van der Waals surface area contributed by atoms with Crippen molar-refractivity contribution in [2.24, 2.45) is 5.41 Å². The molecule has 1 aliphatic carbocycles. The molecule has 0 aromatic carbocycles. The lowest BCUT2D eigenvalue weighted by Gasteiger charge is -2.50. The highest BCUT2D eigenvalue weighted by molar-refractivity contribution is 14.1. The summed E-state index contributed by atoms with van der Waals surface area (Å²) in [6, 6.07) is 0. The zero-order valence-electron chi connectivity index (χ0n) is 8.09. The van der Waals surface area contributed by atoms with Crippen molar-refractivity contribution in [3.8, 4) is 0 Å². The summed E-state index contributed by atoms with van der Waals surface area (Å²) in [5.74, 6) is -0.684. The predicted octanol–water partition coefficient (Wildman–Crippen LogP) is 2.57. The summed E-state index contributed by atoms with van der Waals surface area (Å²) < 4.78 is 5.87. The third kappa shape index (κ3) is 2.05. The molecule has 1 saturated carbocycles. The zero-order valence-corrected chi connectivity index (χ0v) is 10.2. The first-order valence-corrected chi connectivity index (χ1v) is 6.16. The molecule has 0 unspecified atom stereocenters. The van der Waals surface area contributed by atoms with E-state index in [2.05, 4.69) is 22.6 Å². The molecule has 1 N–H and O–H groups in total. The molecule has 0 amide bonds. The Labute approximate surface area is 97.3 Å². The number of carbonyl (C=O) groups is 1. The Kier molecular flexibility index (Phi) is 2.76. The fourth-order valence-electron chi connectivity index (χ4n) is 2.42. The molecule has 2 saturated heterocycles. The second-order valence-corrected chi connectivity index (χ2v) is 6.53. The highest BCUT2D eigenvalue weighted by Gasteiger charge is 2.48. The SMILES string of the molecule is O=C(O)CCC12CCC(I)(CC1)OC2. The van der Waals surface area contributed by atoms with E-state index in [4.69, 9.17) is 9.84 Å². The molecular weight excluding hydrogens is 295 g/mol. The van der Waals surface area contributed by atoms with Crippen LogP contribution in [0.4, 0.5) is 0 Å². The third-order valence-electron chi connectivity index (χ3n) is 3.56. The van der Waals surface area contributed by atoms with Gasteiger partial charge in [-0.25, -0.2) is 0 Å². The van der Waals surface area contributed by atoms with Crippen molar-refractivity contribution in [2.45, 2.75) is 42.1 Å². The van der Waals surface area contributed by atoms with Crippen LogP contribution in [0, 0.1) is 5.41 Å². The van der Waals surface area contributed by atoms with Gasteiger partial charge < -0.3 is 9.84 Å². The summed E-state index contributed by atoms with van der Waals surface area (Å²) >= 11 is 2.40. The Hall–Kier alpha value is 0.160. The average Bonchev–Trinajstić information content (AvgIpc) is 2.17. The van der Waals surface area contributed by atoms with Crippen LogP contribution in [-0.4, -0.2) is 21.3 Å². The van der Waals surface area contributed by atoms with Gasteiger partial charge in [-0.1, -0.05) is 0 Å². The van der Waals surface area contributed by atoms with Gasteiger partial charge in [-0.2, -0.15) is 0 Å². The molecule has 14 heavy (non-hydrogen) atoms. The maximum atomic E-state index is 10.5. The molecule has 0 spiro atoms. The highest BCUT2D eigenvalue weighted by Crippen LogP contribution is 2.53. The number of fused-ring (bicyclic) bond motifs is 3. The first-order chi connectivity index (χ1) is 6.54. The number of carboxylic acid groups (broad SMARTS) is 1. The van der Waals surface area contributed by atoms with Gasteiger partial charge in [-0.3, -0.25) is 4.79 Å². The largest absolute Gasteiger partial charge is 0.481 e. The first kappa shape index (κ1) is 10.7. The van der Waals surface area contributed by atoms with E-state index < -0.39 is 5.97 Å². The molecule has 2 bridgehead atoms. The Bertz CT molecular complexity index is 227. The number of hydrogen-bond donors (Lipinski definition) is 1. The quantitative estimate of drug-likeness (QED) is 0.644. The summed E-state index contributed by atoms with van der Waals surface area (Å²) in [5, 5.41) is 8.68. The summed E-state index contributed by atoms with van der Waals surface area (Å²) in [7, 11) is 0. The summed E-state index contributed by atoms with van der Waals surface area (Å²) in [5.41, 5.74) is 0.186. The van der Waals surface area contributed by atoms with Gasteiger partial charge in [0.25, 0.3) is 0 Å². The van der Waals surface area contributed by atoms with Crippen LogP contribution in [0.5, 0.6) is 0 Å². The van der Waals surface area contributed by atoms with Crippen molar-refractivity contribution < 1.29 is 14.6 Å². The number of alkyl halides is 1. The lowest BCUT2D eigenvalue weighted by molar-refractivity contribution is -0.144. The van der Waals surface area contributed by atoms with Crippen LogP contribution in [0.15, 0.2) is 0 Å². The van der Waals surface area contributed by atoms with Crippen LogP contribution < -0.4 is 0 Å². The lowest BCUT2D eigenvalue weighted by Crippen LogP contribution is -2.47. The van der Waals surface area contributed by atoms with Gasteiger partial charge in [0, 0.05) is 6.42 Å². The number of carboxylic acids is 1. The molecule has 2 aliphatic heterocycles. The van der Waals surface area contributed by atoms with E-state index in [0.717, 1.165) is 38.7 Å². The maximum Gasteiger partial charge on any atom is 0.303 e. The van der Waals surface area contributed by atoms with Gasteiger partial charge in [-0.15, -0.1) is 0 Å². The van der Waals surface area contributed by atoms with Crippen molar-refractivity contribution in [1.82, 2.24) is 0 Å². The summed E-state index contributed by atoms with van der Waals surface area (Å²) in [6.45, 7) is 0.767. The summed E-state index contributed by atoms with van der Waals surface area (Å²) in [4.78, 5) is 10.5. The maximum absolute atomic E-state index is 10.5. The van der Waals surface area contributed by atoms with Gasteiger partial charge in [0.05, 0.1) is 6.61 Å². The van der Waals surface area contributed by atoms with Crippen molar-refractivity contribution >= 4 is 28.6 Å². The van der Waals surface area contributed by atoms with Crippen molar-refractivity contribution in [2.75, 3.05) is 6.61 Å². The molecule has 80 valence electrons. The fourth-order valence-corrected chi connectivity index (χ4v) is 3.11. The Balaban J connectivity index is 1.95. The minimum Gasteiger partial charge on any atom is -0.481 e. The van der Waals surface area contributed by atoms with Gasteiger partial charge >= 0.3 is 5.97 Å². The molecule has 3 rings (SSSR count). The topological polar surface area (TPSA) is 46.5 Å². The first-order valence-electron chi connectivity index (χ1n) is 5.08. The van der Waals surface area contributed by atoms with E-state index in [1.165, 1.54) is 0 Å². The number of aliphatic carboxylic acids is 1. The second kappa shape index (κ2) is 3.63. The molecule has 0 aromatic heterocycles. The number of halogens is 1. The molecule has 2 heterocycles. The van der Waals surface area contributed by atoms with Crippen molar-refractivity contribution in [1.29, 1.82) is 0 Å². The molecule has 3 fully saturated rings. The highest BCUT2D eigenvalue weighted by atomic mass is 127. The number of hydrogen-bond acceptors (Lipinski definition) is 2. The molecule has 0 radical (unpaired) electrons. The Morgan fingerprint density at radius 3 is 2.43 bits per heavy atom. The third-order valence-corrected chi connectivity index (χ3v) is 4.95. The van der Waals surface area contributed by atoms with E-state index >= 15 is 0 Å². The van der Waals surface area contributed by atoms with Gasteiger partial charge in [0.1, 0.15) is 3.61 Å². The van der Waals surface area contributed by atoms with Crippen molar-refractivity contribution in [3.63, 3.8) is 0 Å². The Morgan fingerprint density at radius 2 is 2.00 bits per heavy atom. The minimum atomic E-state index is -0.684. The molecule has 4 heteroatoms. The average molecular weight is 310 g/mol. The van der Waals surface area contributed by atoms with Crippen LogP contribution in [0.1, 0.15) is 38.5 Å². The van der Waals surface area contributed by atoms with E-state index in [9.17, 15) is 4.79 Å². The van der Waals surface area contributed by atoms with E-state index in [-0.39, 0.29) is 15.4 Å². The summed E-state index contributed by atoms with van der Waals surface area (Å²) in [6.07, 6.45) is 5.54. The second-order valence-electron chi connectivity index (χ2n) is 4.57. The van der Waals surface area contributed by atoms with Crippen LogP contribution in [0.25, 0.3) is 0 Å². The van der Waals surface area contributed by atoms with Crippen LogP contribution >= 0.6 is 22.6 Å². The van der Waals surface area contributed by atoms with Crippen LogP contribution in [0.2, 0.25) is 0 Å². The molecule has 0 atom stereocenters. The lowest BCUT2D eigenvalue weighted by atomic mass is 9.69. The monoisotopic (exact) mass is 310 g/mol. The van der Waals surface area contributed by atoms with E-state index in [0.29, 0.717) is 0 Å². The number of ether oxygens (including phenoxy) is 1. The minimum absolute atomic E-state index is 0.0722. The van der Waals surface area contributed by atoms with Gasteiger partial charge in [-0.05, 0) is 60.1 Å². The van der Waals surface area contributed by atoms with Gasteiger partial charge in [0.2, 0.25) is 0 Å². The van der Waals surface area contributed by atoms with E-state index in [1.807, 2.05) is 0 Å². The normalized spacial score (nSPS) is 41.2. The van der Waals surface area contributed by atoms with Crippen LogP contribution in [-0.2, 0) is 9.53 Å². The van der Waals surface area contributed by atoms with Crippen LogP contribution in [0.3, 0.4) is 0 Å².